The van der Waals surface area contributed by atoms with Gasteiger partial charge in [0.2, 0.25) is 5.67 Å². The maximum Gasteiger partial charge on any atom is 0.422 e. The molecule has 6 heteroatoms. The SMILES string of the molecule is CC(=O)OCC(C)CC(C)(F)C(F)(F)F. The quantitative estimate of drug-likeness (QED) is 0.548. The number of hydrogen-bond donors (Lipinski definition) is 0. The molecule has 90 valence electrons. The number of rotatable bonds is 4. The Bertz CT molecular complexity index is 223. The molecule has 0 radical (unpaired) electrons. The first-order valence-corrected chi connectivity index (χ1v) is 4.45. The number of hydrogen-bond acceptors (Lipinski definition) is 2. The van der Waals surface area contributed by atoms with Crippen LogP contribution >= 0.6 is 0 Å². The summed E-state index contributed by atoms with van der Waals surface area (Å²) < 4.78 is 53.9. The number of esters is 1. The molecule has 0 saturated carbocycles. The first kappa shape index (κ1) is 14.2. The molecule has 15 heavy (non-hydrogen) atoms. The van der Waals surface area contributed by atoms with Crippen LogP contribution in [-0.2, 0) is 9.53 Å². The standard InChI is InChI=1S/C9H14F4O2/c1-6(5-15-7(2)14)4-8(3,10)9(11,12)13/h6H,4-5H2,1-3H3. The summed E-state index contributed by atoms with van der Waals surface area (Å²) in [6.45, 7) is 2.82. The number of ether oxygens (including phenoxy) is 1. The van der Waals surface area contributed by atoms with E-state index in [1.165, 1.54) is 6.92 Å². The molecule has 0 bridgehead atoms. The Hall–Kier alpha value is -0.810. The molecule has 0 heterocycles. The minimum absolute atomic E-state index is 0.203. The van der Waals surface area contributed by atoms with Gasteiger partial charge in [-0.05, 0) is 19.3 Å². The molecule has 0 rings (SSSR count). The molecule has 0 spiro atoms. The van der Waals surface area contributed by atoms with Crippen LogP contribution in [0.25, 0.3) is 0 Å². The molecule has 2 unspecified atom stereocenters. The Morgan fingerprint density at radius 3 is 2.13 bits per heavy atom. The lowest BCUT2D eigenvalue weighted by Crippen LogP contribution is -2.39. The van der Waals surface area contributed by atoms with Crippen molar-refractivity contribution in [2.24, 2.45) is 5.92 Å². The number of halogens is 4. The van der Waals surface area contributed by atoms with Crippen molar-refractivity contribution < 1.29 is 27.1 Å². The van der Waals surface area contributed by atoms with Gasteiger partial charge in [-0.1, -0.05) is 6.92 Å². The normalized spacial score (nSPS) is 18.1. The summed E-state index contributed by atoms with van der Waals surface area (Å²) in [5.74, 6) is -1.26. The summed E-state index contributed by atoms with van der Waals surface area (Å²) in [7, 11) is 0. The van der Waals surface area contributed by atoms with Crippen molar-refractivity contribution in [2.45, 2.75) is 39.0 Å². The highest BCUT2D eigenvalue weighted by atomic mass is 19.4. The van der Waals surface area contributed by atoms with Gasteiger partial charge in [0.25, 0.3) is 0 Å². The van der Waals surface area contributed by atoms with Crippen LogP contribution in [-0.4, -0.2) is 24.4 Å². The third-order valence-corrected chi connectivity index (χ3v) is 1.89. The van der Waals surface area contributed by atoms with Gasteiger partial charge in [-0.2, -0.15) is 13.2 Å². The summed E-state index contributed by atoms with van der Waals surface area (Å²) in [6, 6.07) is 0. The largest absolute Gasteiger partial charge is 0.466 e. The van der Waals surface area contributed by atoms with Crippen LogP contribution < -0.4 is 0 Å². The lowest BCUT2D eigenvalue weighted by atomic mass is 9.95. The second-order valence-corrected chi connectivity index (χ2v) is 3.81. The fourth-order valence-electron chi connectivity index (χ4n) is 1.09. The molecule has 0 aliphatic carbocycles. The van der Waals surface area contributed by atoms with Crippen molar-refractivity contribution in [3.8, 4) is 0 Å². The topological polar surface area (TPSA) is 26.3 Å². The predicted octanol–water partition coefficient (Wildman–Crippen LogP) is 2.87. The van der Waals surface area contributed by atoms with Gasteiger partial charge in [0.15, 0.2) is 0 Å². The highest BCUT2D eigenvalue weighted by Crippen LogP contribution is 2.38. The van der Waals surface area contributed by atoms with E-state index in [1.54, 1.807) is 0 Å². The highest BCUT2D eigenvalue weighted by Gasteiger charge is 2.52. The van der Waals surface area contributed by atoms with Gasteiger partial charge in [0.1, 0.15) is 0 Å². The van der Waals surface area contributed by atoms with Gasteiger partial charge in [-0.25, -0.2) is 4.39 Å². The van der Waals surface area contributed by atoms with Crippen LogP contribution in [0.4, 0.5) is 17.6 Å². The van der Waals surface area contributed by atoms with Crippen LogP contribution in [0.5, 0.6) is 0 Å². The van der Waals surface area contributed by atoms with Crippen LogP contribution in [0.3, 0.4) is 0 Å². The van der Waals surface area contributed by atoms with Gasteiger partial charge in [0, 0.05) is 6.92 Å². The Labute approximate surface area is 85.6 Å². The molecule has 0 N–H and O–H groups in total. The first-order chi connectivity index (χ1) is 6.56. The third kappa shape index (κ3) is 4.99. The Morgan fingerprint density at radius 2 is 1.80 bits per heavy atom. The molecule has 0 aliphatic rings. The molecular formula is C9H14F4O2. The van der Waals surface area contributed by atoms with Gasteiger partial charge in [-0.15, -0.1) is 0 Å². The average molecular weight is 230 g/mol. The van der Waals surface area contributed by atoms with E-state index in [2.05, 4.69) is 4.74 Å². The summed E-state index contributed by atoms with van der Waals surface area (Å²) in [5.41, 5.74) is -3.24. The average Bonchev–Trinajstić information content (AvgIpc) is 1.97. The molecule has 0 amide bonds. The Kier molecular flexibility index (Phi) is 4.55. The molecule has 0 fully saturated rings. The van der Waals surface area contributed by atoms with Gasteiger partial charge in [-0.3, -0.25) is 4.79 Å². The number of carbonyl (C=O) groups is 1. The molecular weight excluding hydrogens is 216 g/mol. The maximum atomic E-state index is 13.1. The van der Waals surface area contributed by atoms with E-state index in [4.69, 9.17) is 0 Å². The molecule has 2 nitrogen and oxygen atoms in total. The van der Waals surface area contributed by atoms with E-state index >= 15 is 0 Å². The van der Waals surface area contributed by atoms with Crippen molar-refractivity contribution in [3.05, 3.63) is 0 Å². The van der Waals surface area contributed by atoms with Crippen molar-refractivity contribution in [1.29, 1.82) is 0 Å². The van der Waals surface area contributed by atoms with Crippen LogP contribution in [0.15, 0.2) is 0 Å². The zero-order chi connectivity index (χ0) is 12.3. The smallest absolute Gasteiger partial charge is 0.422 e. The second-order valence-electron chi connectivity index (χ2n) is 3.81. The zero-order valence-electron chi connectivity index (χ0n) is 8.82. The molecule has 0 aromatic carbocycles. The fourth-order valence-corrected chi connectivity index (χ4v) is 1.09. The van der Waals surface area contributed by atoms with Gasteiger partial charge in [0.05, 0.1) is 6.61 Å². The van der Waals surface area contributed by atoms with Crippen molar-refractivity contribution in [2.75, 3.05) is 6.61 Å². The Balaban J connectivity index is 4.16. The highest BCUT2D eigenvalue weighted by molar-refractivity contribution is 5.65. The molecule has 2 atom stereocenters. The van der Waals surface area contributed by atoms with Crippen molar-refractivity contribution in [3.63, 3.8) is 0 Å². The lowest BCUT2D eigenvalue weighted by Gasteiger charge is -2.26. The molecule has 0 saturated heterocycles. The van der Waals surface area contributed by atoms with E-state index in [0.29, 0.717) is 6.92 Å². The summed E-state index contributed by atoms with van der Waals surface area (Å²) in [5, 5.41) is 0. The van der Waals surface area contributed by atoms with Crippen LogP contribution in [0, 0.1) is 5.92 Å². The monoisotopic (exact) mass is 230 g/mol. The van der Waals surface area contributed by atoms with E-state index in [9.17, 15) is 22.4 Å². The lowest BCUT2D eigenvalue weighted by molar-refractivity contribution is -0.229. The van der Waals surface area contributed by atoms with Crippen molar-refractivity contribution >= 4 is 5.97 Å². The summed E-state index contributed by atoms with van der Waals surface area (Å²) in [6.07, 6.45) is -5.61. The van der Waals surface area contributed by atoms with E-state index < -0.39 is 30.2 Å². The molecule has 0 aliphatic heterocycles. The van der Waals surface area contributed by atoms with Gasteiger partial charge < -0.3 is 4.74 Å². The van der Waals surface area contributed by atoms with Crippen LogP contribution in [0.2, 0.25) is 0 Å². The van der Waals surface area contributed by atoms with Crippen molar-refractivity contribution in [1.82, 2.24) is 0 Å². The molecule has 0 aromatic heterocycles. The third-order valence-electron chi connectivity index (χ3n) is 1.89. The summed E-state index contributed by atoms with van der Waals surface area (Å²) in [4.78, 5) is 10.4. The number of carbonyl (C=O) groups excluding carboxylic acids is 1. The number of alkyl halides is 4. The van der Waals surface area contributed by atoms with Gasteiger partial charge >= 0.3 is 12.1 Å². The van der Waals surface area contributed by atoms with E-state index in [-0.39, 0.29) is 6.61 Å². The zero-order valence-corrected chi connectivity index (χ0v) is 8.82. The van der Waals surface area contributed by atoms with E-state index in [1.807, 2.05) is 0 Å². The predicted molar refractivity (Wildman–Crippen MR) is 46.0 cm³/mol. The first-order valence-electron chi connectivity index (χ1n) is 4.45. The summed E-state index contributed by atoms with van der Waals surface area (Å²) >= 11 is 0. The second kappa shape index (κ2) is 4.81. The Morgan fingerprint density at radius 1 is 1.33 bits per heavy atom. The van der Waals surface area contributed by atoms with Crippen LogP contribution in [0.1, 0.15) is 27.2 Å². The minimum atomic E-state index is -4.89. The maximum absolute atomic E-state index is 13.1. The fraction of sp³-hybridized carbons (Fsp3) is 0.889. The molecule has 0 aromatic rings. The van der Waals surface area contributed by atoms with E-state index in [0.717, 1.165) is 6.92 Å². The minimum Gasteiger partial charge on any atom is -0.466 e.